The standard InChI is InChI=1S/C10H13Br2NOS/c1-13-9(6-2-3-14-5-6)8-4-7(11)10(12)15-8/h4,6,9,13H,2-3,5H2,1H3. The summed E-state index contributed by atoms with van der Waals surface area (Å²) < 4.78 is 7.74. The molecule has 0 radical (unpaired) electrons. The van der Waals surface area contributed by atoms with Gasteiger partial charge in [0.2, 0.25) is 0 Å². The van der Waals surface area contributed by atoms with Crippen LogP contribution in [0.15, 0.2) is 14.3 Å². The van der Waals surface area contributed by atoms with Gasteiger partial charge >= 0.3 is 0 Å². The smallest absolute Gasteiger partial charge is 0.0843 e. The second kappa shape index (κ2) is 5.27. The van der Waals surface area contributed by atoms with Crippen LogP contribution in [0.5, 0.6) is 0 Å². The van der Waals surface area contributed by atoms with Crippen LogP contribution in [-0.4, -0.2) is 20.3 Å². The van der Waals surface area contributed by atoms with Crippen molar-refractivity contribution < 1.29 is 4.74 Å². The van der Waals surface area contributed by atoms with Crippen molar-refractivity contribution >= 4 is 43.2 Å². The van der Waals surface area contributed by atoms with Crippen molar-refractivity contribution in [1.29, 1.82) is 0 Å². The first-order chi connectivity index (χ1) is 7.22. The second-order valence-electron chi connectivity index (χ2n) is 3.66. The van der Waals surface area contributed by atoms with E-state index < -0.39 is 0 Å². The zero-order chi connectivity index (χ0) is 10.8. The van der Waals surface area contributed by atoms with Crippen LogP contribution in [0.4, 0.5) is 0 Å². The third kappa shape index (κ3) is 2.64. The molecule has 1 aliphatic heterocycles. The van der Waals surface area contributed by atoms with Gasteiger partial charge in [-0.15, -0.1) is 11.3 Å². The number of thiophene rings is 1. The van der Waals surface area contributed by atoms with Crippen molar-refractivity contribution in [1.82, 2.24) is 5.32 Å². The Kier molecular flexibility index (Phi) is 4.24. The van der Waals surface area contributed by atoms with E-state index >= 15 is 0 Å². The fourth-order valence-corrected chi connectivity index (χ4v) is 4.24. The van der Waals surface area contributed by atoms with E-state index in [0.717, 1.165) is 27.9 Å². The maximum Gasteiger partial charge on any atom is 0.0843 e. The average molecular weight is 355 g/mol. The highest BCUT2D eigenvalue weighted by Gasteiger charge is 2.27. The van der Waals surface area contributed by atoms with Gasteiger partial charge in [0.05, 0.1) is 10.4 Å². The molecule has 1 saturated heterocycles. The molecule has 1 aromatic rings. The number of rotatable bonds is 3. The molecule has 2 atom stereocenters. The molecule has 0 saturated carbocycles. The molecule has 5 heteroatoms. The van der Waals surface area contributed by atoms with Crippen molar-refractivity contribution in [3.8, 4) is 0 Å². The number of hydrogen-bond acceptors (Lipinski definition) is 3. The van der Waals surface area contributed by atoms with E-state index in [0.29, 0.717) is 12.0 Å². The van der Waals surface area contributed by atoms with Crippen LogP contribution in [0.25, 0.3) is 0 Å². The van der Waals surface area contributed by atoms with Crippen LogP contribution in [0.1, 0.15) is 17.3 Å². The first-order valence-electron chi connectivity index (χ1n) is 4.92. The number of nitrogens with one attached hydrogen (secondary N) is 1. The largest absolute Gasteiger partial charge is 0.381 e. The van der Waals surface area contributed by atoms with Gasteiger partial charge in [-0.25, -0.2) is 0 Å². The van der Waals surface area contributed by atoms with Crippen molar-refractivity contribution in [2.45, 2.75) is 12.5 Å². The summed E-state index contributed by atoms with van der Waals surface area (Å²) >= 11 is 8.85. The van der Waals surface area contributed by atoms with Crippen molar-refractivity contribution in [3.63, 3.8) is 0 Å². The predicted octanol–water partition coefficient (Wildman–Crippen LogP) is 3.57. The Hall–Kier alpha value is 0.580. The first kappa shape index (κ1) is 12.0. The number of ether oxygens (including phenoxy) is 1. The molecular formula is C10H13Br2NOS. The van der Waals surface area contributed by atoms with E-state index in [1.807, 2.05) is 7.05 Å². The van der Waals surface area contributed by atoms with E-state index in [-0.39, 0.29) is 0 Å². The Morgan fingerprint density at radius 2 is 2.40 bits per heavy atom. The molecule has 1 fully saturated rings. The molecule has 2 heterocycles. The second-order valence-corrected chi connectivity index (χ2v) is 6.92. The molecule has 1 aromatic heterocycles. The minimum absolute atomic E-state index is 0.417. The lowest BCUT2D eigenvalue weighted by molar-refractivity contribution is 0.178. The van der Waals surface area contributed by atoms with Crippen LogP contribution < -0.4 is 5.32 Å². The van der Waals surface area contributed by atoms with Gasteiger partial charge in [0.25, 0.3) is 0 Å². The highest BCUT2D eigenvalue weighted by atomic mass is 79.9. The molecule has 1 aliphatic rings. The summed E-state index contributed by atoms with van der Waals surface area (Å²) in [6.07, 6.45) is 1.15. The summed E-state index contributed by atoms with van der Waals surface area (Å²) in [5, 5.41) is 3.39. The lowest BCUT2D eigenvalue weighted by Crippen LogP contribution is -2.24. The van der Waals surface area contributed by atoms with Gasteiger partial charge in [-0.3, -0.25) is 0 Å². The predicted molar refractivity (Wildman–Crippen MR) is 70.4 cm³/mol. The van der Waals surface area contributed by atoms with E-state index in [1.165, 1.54) is 4.88 Å². The molecular weight excluding hydrogens is 342 g/mol. The Labute approximate surface area is 111 Å². The van der Waals surface area contributed by atoms with Gasteiger partial charge in [0.15, 0.2) is 0 Å². The normalized spacial score (nSPS) is 23.3. The van der Waals surface area contributed by atoms with E-state index in [4.69, 9.17) is 4.74 Å². The SMILES string of the molecule is CNC(c1cc(Br)c(Br)s1)C1CCOC1. The summed E-state index contributed by atoms with van der Waals surface area (Å²) in [4.78, 5) is 1.37. The highest BCUT2D eigenvalue weighted by molar-refractivity contribution is 9.13. The number of hydrogen-bond donors (Lipinski definition) is 1. The van der Waals surface area contributed by atoms with E-state index in [1.54, 1.807) is 11.3 Å². The van der Waals surface area contributed by atoms with Crippen molar-refractivity contribution in [3.05, 3.63) is 19.2 Å². The monoisotopic (exact) mass is 353 g/mol. The Morgan fingerprint density at radius 3 is 2.87 bits per heavy atom. The highest BCUT2D eigenvalue weighted by Crippen LogP contribution is 2.39. The summed E-state index contributed by atoms with van der Waals surface area (Å²) in [7, 11) is 2.02. The van der Waals surface area contributed by atoms with Crippen molar-refractivity contribution in [2.75, 3.05) is 20.3 Å². The van der Waals surface area contributed by atoms with Gasteiger partial charge < -0.3 is 10.1 Å². The fraction of sp³-hybridized carbons (Fsp3) is 0.600. The zero-order valence-electron chi connectivity index (χ0n) is 8.43. The molecule has 0 aromatic carbocycles. The van der Waals surface area contributed by atoms with Crippen LogP contribution in [0.3, 0.4) is 0 Å². The molecule has 2 rings (SSSR count). The minimum atomic E-state index is 0.417. The van der Waals surface area contributed by atoms with Gasteiger partial charge in [-0.05, 0) is 51.4 Å². The topological polar surface area (TPSA) is 21.3 Å². The van der Waals surface area contributed by atoms with Gasteiger partial charge in [-0.2, -0.15) is 0 Å². The number of halogens is 2. The summed E-state index contributed by atoms with van der Waals surface area (Å²) in [6.45, 7) is 1.77. The van der Waals surface area contributed by atoms with E-state index in [9.17, 15) is 0 Å². The molecule has 2 unspecified atom stereocenters. The molecule has 15 heavy (non-hydrogen) atoms. The lowest BCUT2D eigenvalue weighted by atomic mass is 9.98. The summed E-state index contributed by atoms with van der Waals surface area (Å²) in [5.41, 5.74) is 0. The van der Waals surface area contributed by atoms with Crippen LogP contribution in [-0.2, 0) is 4.74 Å². The molecule has 0 bridgehead atoms. The lowest BCUT2D eigenvalue weighted by Gasteiger charge is -2.20. The Bertz CT molecular complexity index is 317. The quantitative estimate of drug-likeness (QED) is 0.895. The maximum absolute atomic E-state index is 5.44. The Balaban J connectivity index is 2.18. The maximum atomic E-state index is 5.44. The average Bonchev–Trinajstić information content (AvgIpc) is 2.80. The first-order valence-corrected chi connectivity index (χ1v) is 7.32. The molecule has 0 spiro atoms. The molecule has 2 nitrogen and oxygen atoms in total. The Morgan fingerprint density at radius 1 is 1.60 bits per heavy atom. The van der Waals surface area contributed by atoms with Crippen molar-refractivity contribution in [2.24, 2.45) is 5.92 Å². The minimum Gasteiger partial charge on any atom is -0.381 e. The van der Waals surface area contributed by atoms with E-state index in [2.05, 4.69) is 43.2 Å². The molecule has 0 aliphatic carbocycles. The summed E-state index contributed by atoms with van der Waals surface area (Å²) in [6, 6.07) is 2.61. The molecule has 0 amide bonds. The van der Waals surface area contributed by atoms with Crippen LogP contribution in [0, 0.1) is 5.92 Å². The van der Waals surface area contributed by atoms with Gasteiger partial charge in [0, 0.05) is 27.9 Å². The zero-order valence-corrected chi connectivity index (χ0v) is 12.4. The van der Waals surface area contributed by atoms with Gasteiger partial charge in [-0.1, -0.05) is 0 Å². The molecule has 1 N–H and O–H groups in total. The van der Waals surface area contributed by atoms with Crippen LogP contribution in [0.2, 0.25) is 0 Å². The summed E-state index contributed by atoms with van der Waals surface area (Å²) in [5.74, 6) is 0.604. The van der Waals surface area contributed by atoms with Gasteiger partial charge in [0.1, 0.15) is 0 Å². The third-order valence-corrected chi connectivity index (χ3v) is 6.06. The fourth-order valence-electron chi connectivity index (χ4n) is 1.94. The van der Waals surface area contributed by atoms with Crippen LogP contribution >= 0.6 is 43.2 Å². The molecule has 84 valence electrons. The third-order valence-electron chi connectivity index (χ3n) is 2.72.